The molecule has 0 spiro atoms. The fourth-order valence-electron chi connectivity index (χ4n) is 2.28. The number of nitrogens with zero attached hydrogens (tertiary/aromatic N) is 3. The molecule has 4 aromatic rings. The molecule has 0 aliphatic carbocycles. The van der Waals surface area contributed by atoms with E-state index in [1.54, 1.807) is 12.5 Å². The first-order valence-corrected chi connectivity index (χ1v) is 7.19. The third-order valence-electron chi connectivity index (χ3n) is 3.30. The van der Waals surface area contributed by atoms with Gasteiger partial charge in [0, 0.05) is 20.9 Å². The van der Waals surface area contributed by atoms with E-state index < -0.39 is 0 Å². The molecular formula is C15H10BrN5. The second-order valence-electron chi connectivity index (χ2n) is 4.68. The van der Waals surface area contributed by atoms with Crippen molar-refractivity contribution in [2.45, 2.75) is 0 Å². The van der Waals surface area contributed by atoms with E-state index in [1.165, 1.54) is 0 Å². The highest BCUT2D eigenvalue weighted by Gasteiger charge is 2.05. The van der Waals surface area contributed by atoms with Crippen LogP contribution in [-0.4, -0.2) is 20.2 Å². The maximum atomic E-state index is 4.34. The van der Waals surface area contributed by atoms with Gasteiger partial charge in [-0.2, -0.15) is 5.10 Å². The largest absolute Gasteiger partial charge is 0.340 e. The molecule has 0 radical (unpaired) electrons. The average molecular weight is 340 g/mol. The summed E-state index contributed by atoms with van der Waals surface area (Å²) < 4.78 is 0.997. The molecule has 2 aromatic heterocycles. The minimum Gasteiger partial charge on any atom is -0.340 e. The van der Waals surface area contributed by atoms with E-state index in [0.717, 1.165) is 37.8 Å². The van der Waals surface area contributed by atoms with Gasteiger partial charge >= 0.3 is 0 Å². The van der Waals surface area contributed by atoms with Gasteiger partial charge in [0.05, 0.1) is 17.2 Å². The van der Waals surface area contributed by atoms with Crippen LogP contribution in [0, 0.1) is 0 Å². The summed E-state index contributed by atoms with van der Waals surface area (Å²) in [4.78, 5) is 8.62. The molecule has 0 saturated carbocycles. The summed E-state index contributed by atoms with van der Waals surface area (Å²) in [6.07, 6.45) is 3.36. The van der Waals surface area contributed by atoms with Crippen LogP contribution in [0.25, 0.3) is 21.8 Å². The number of H-pyrrole nitrogens is 1. The number of hydrogen-bond acceptors (Lipinski definition) is 4. The number of rotatable bonds is 2. The minimum absolute atomic E-state index is 0.778. The van der Waals surface area contributed by atoms with Gasteiger partial charge in [0.25, 0.3) is 0 Å². The summed E-state index contributed by atoms with van der Waals surface area (Å²) >= 11 is 3.48. The van der Waals surface area contributed by atoms with Crippen molar-refractivity contribution in [3.63, 3.8) is 0 Å². The van der Waals surface area contributed by atoms with Crippen LogP contribution in [0.5, 0.6) is 0 Å². The Hall–Kier alpha value is -2.47. The van der Waals surface area contributed by atoms with Gasteiger partial charge in [-0.25, -0.2) is 9.97 Å². The molecule has 102 valence electrons. The predicted octanol–water partition coefficient (Wildman–Crippen LogP) is 4.01. The lowest BCUT2D eigenvalue weighted by molar-refractivity contribution is 1.12. The van der Waals surface area contributed by atoms with E-state index in [-0.39, 0.29) is 0 Å². The summed E-state index contributed by atoms with van der Waals surface area (Å²) in [5.41, 5.74) is 2.84. The summed E-state index contributed by atoms with van der Waals surface area (Å²) in [5.74, 6) is 0.778. The van der Waals surface area contributed by atoms with Crippen LogP contribution in [0.2, 0.25) is 0 Å². The van der Waals surface area contributed by atoms with E-state index >= 15 is 0 Å². The molecule has 4 rings (SSSR count). The predicted molar refractivity (Wildman–Crippen MR) is 86.6 cm³/mol. The molecule has 6 heteroatoms. The van der Waals surface area contributed by atoms with Crippen LogP contribution >= 0.6 is 15.9 Å². The summed E-state index contributed by atoms with van der Waals surface area (Å²) in [5, 5.41) is 12.4. The SMILES string of the molecule is Brc1ccc2ncnc(Nc3ccc4cn[nH]c4c3)c2c1. The molecule has 0 bridgehead atoms. The molecule has 21 heavy (non-hydrogen) atoms. The smallest absolute Gasteiger partial charge is 0.141 e. The highest BCUT2D eigenvalue weighted by Crippen LogP contribution is 2.26. The van der Waals surface area contributed by atoms with Gasteiger partial charge in [-0.15, -0.1) is 0 Å². The van der Waals surface area contributed by atoms with Crippen molar-refractivity contribution < 1.29 is 0 Å². The maximum Gasteiger partial charge on any atom is 0.141 e. The Balaban J connectivity index is 1.81. The van der Waals surface area contributed by atoms with Crippen molar-refractivity contribution in [2.75, 3.05) is 5.32 Å². The van der Waals surface area contributed by atoms with Crippen LogP contribution in [0.4, 0.5) is 11.5 Å². The molecule has 0 amide bonds. The second kappa shape index (κ2) is 4.82. The van der Waals surface area contributed by atoms with Gasteiger partial charge in [-0.05, 0) is 36.4 Å². The summed E-state index contributed by atoms with van der Waals surface area (Å²) in [6.45, 7) is 0. The van der Waals surface area contributed by atoms with Gasteiger partial charge in [0.1, 0.15) is 12.1 Å². The maximum absolute atomic E-state index is 4.34. The van der Waals surface area contributed by atoms with E-state index in [0.29, 0.717) is 0 Å². The van der Waals surface area contributed by atoms with E-state index in [1.807, 2.05) is 36.4 Å². The Morgan fingerprint density at radius 3 is 2.95 bits per heavy atom. The zero-order chi connectivity index (χ0) is 14.2. The molecule has 0 saturated heterocycles. The van der Waals surface area contributed by atoms with Crippen molar-refractivity contribution in [1.29, 1.82) is 0 Å². The molecule has 2 aromatic carbocycles. The van der Waals surface area contributed by atoms with E-state index in [9.17, 15) is 0 Å². The Morgan fingerprint density at radius 1 is 1.05 bits per heavy atom. The lowest BCUT2D eigenvalue weighted by atomic mass is 10.2. The van der Waals surface area contributed by atoms with E-state index in [2.05, 4.69) is 41.4 Å². The Labute approximate surface area is 128 Å². The van der Waals surface area contributed by atoms with Crippen molar-refractivity contribution >= 4 is 49.2 Å². The van der Waals surface area contributed by atoms with E-state index in [4.69, 9.17) is 0 Å². The lowest BCUT2D eigenvalue weighted by Crippen LogP contribution is -1.96. The first kappa shape index (κ1) is 12.3. The van der Waals surface area contributed by atoms with Gasteiger partial charge < -0.3 is 5.32 Å². The molecule has 0 aliphatic heterocycles. The summed E-state index contributed by atoms with van der Waals surface area (Å²) in [6, 6.07) is 12.0. The number of anilines is 2. The van der Waals surface area contributed by atoms with Gasteiger partial charge in [-0.3, -0.25) is 5.10 Å². The van der Waals surface area contributed by atoms with Crippen molar-refractivity contribution in [3.05, 3.63) is 53.4 Å². The Bertz CT molecular complexity index is 947. The average Bonchev–Trinajstić information content (AvgIpc) is 2.95. The molecule has 0 aliphatic rings. The number of fused-ring (bicyclic) bond motifs is 2. The normalized spacial score (nSPS) is 11.1. The molecule has 5 nitrogen and oxygen atoms in total. The van der Waals surface area contributed by atoms with Gasteiger partial charge in [-0.1, -0.05) is 15.9 Å². The number of benzene rings is 2. The fraction of sp³-hybridized carbons (Fsp3) is 0. The Kier molecular flexibility index (Phi) is 2.82. The standard InChI is InChI=1S/C15H10BrN5/c16-10-2-4-13-12(5-10)15(18-8-17-13)20-11-3-1-9-7-19-21-14(9)6-11/h1-8H,(H,19,21)(H,17,18,20). The summed E-state index contributed by atoms with van der Waals surface area (Å²) in [7, 11) is 0. The molecular weight excluding hydrogens is 330 g/mol. The van der Waals surface area contributed by atoms with Gasteiger partial charge in [0.15, 0.2) is 0 Å². The number of nitrogens with one attached hydrogen (secondary N) is 2. The molecule has 0 atom stereocenters. The van der Waals surface area contributed by atoms with Crippen molar-refractivity contribution in [1.82, 2.24) is 20.2 Å². The first-order valence-electron chi connectivity index (χ1n) is 6.40. The second-order valence-corrected chi connectivity index (χ2v) is 5.60. The zero-order valence-corrected chi connectivity index (χ0v) is 12.4. The van der Waals surface area contributed by atoms with Crippen molar-refractivity contribution in [3.8, 4) is 0 Å². The van der Waals surface area contributed by atoms with Crippen LogP contribution in [-0.2, 0) is 0 Å². The number of halogens is 1. The minimum atomic E-state index is 0.778. The van der Waals surface area contributed by atoms with Crippen LogP contribution < -0.4 is 5.32 Å². The first-order chi connectivity index (χ1) is 10.3. The monoisotopic (exact) mass is 339 g/mol. The fourth-order valence-corrected chi connectivity index (χ4v) is 2.64. The number of aromatic amines is 1. The number of aromatic nitrogens is 4. The highest BCUT2D eigenvalue weighted by atomic mass is 79.9. The number of hydrogen-bond donors (Lipinski definition) is 2. The topological polar surface area (TPSA) is 66.5 Å². The third kappa shape index (κ3) is 2.23. The Morgan fingerprint density at radius 2 is 2.00 bits per heavy atom. The third-order valence-corrected chi connectivity index (χ3v) is 3.80. The van der Waals surface area contributed by atoms with Crippen LogP contribution in [0.1, 0.15) is 0 Å². The van der Waals surface area contributed by atoms with Crippen molar-refractivity contribution in [2.24, 2.45) is 0 Å². The quantitative estimate of drug-likeness (QED) is 0.579. The van der Waals surface area contributed by atoms with Gasteiger partial charge in [0.2, 0.25) is 0 Å². The zero-order valence-electron chi connectivity index (χ0n) is 10.8. The molecule has 2 N–H and O–H groups in total. The molecule has 0 unspecified atom stereocenters. The highest BCUT2D eigenvalue weighted by molar-refractivity contribution is 9.10. The van der Waals surface area contributed by atoms with Crippen LogP contribution in [0.3, 0.4) is 0 Å². The molecule has 2 heterocycles. The molecule has 0 fully saturated rings. The van der Waals surface area contributed by atoms with Crippen LogP contribution in [0.15, 0.2) is 53.4 Å². The lowest BCUT2D eigenvalue weighted by Gasteiger charge is -2.08.